The standard InChI is InChI=1S/C16H18ClN3O3S2/c17-25(22,23)13-7-5-12(6-8-13)14(9-11-3-1-2-4-11)15(21)19-16-20-18-10-24-16/h5-8,10-11,14H,1-4,9H2,(H,19,20,21). The minimum absolute atomic E-state index is 0.0297. The molecule has 0 spiro atoms. The van der Waals surface area contributed by atoms with Crippen LogP contribution >= 0.6 is 22.0 Å². The van der Waals surface area contributed by atoms with E-state index in [1.54, 1.807) is 17.6 Å². The summed E-state index contributed by atoms with van der Waals surface area (Å²) in [6.45, 7) is 0. The fraction of sp³-hybridized carbons (Fsp3) is 0.438. The van der Waals surface area contributed by atoms with Gasteiger partial charge < -0.3 is 0 Å². The van der Waals surface area contributed by atoms with Gasteiger partial charge in [0.25, 0.3) is 9.05 Å². The molecule has 134 valence electrons. The summed E-state index contributed by atoms with van der Waals surface area (Å²) < 4.78 is 22.8. The fourth-order valence-electron chi connectivity index (χ4n) is 3.26. The maximum atomic E-state index is 12.8. The lowest BCUT2D eigenvalue weighted by Crippen LogP contribution is -2.23. The molecule has 3 rings (SSSR count). The largest absolute Gasteiger partial charge is 0.300 e. The number of hydrogen-bond acceptors (Lipinski definition) is 6. The summed E-state index contributed by atoms with van der Waals surface area (Å²) in [4.78, 5) is 12.8. The summed E-state index contributed by atoms with van der Waals surface area (Å²) in [6, 6.07) is 6.21. The second-order valence-electron chi connectivity index (χ2n) is 6.18. The summed E-state index contributed by atoms with van der Waals surface area (Å²) in [7, 11) is 1.59. The number of nitrogens with zero attached hydrogens (tertiary/aromatic N) is 2. The number of aromatic nitrogens is 2. The topological polar surface area (TPSA) is 89.0 Å². The molecule has 0 bridgehead atoms. The van der Waals surface area contributed by atoms with Gasteiger partial charge in [0.05, 0.1) is 10.8 Å². The number of anilines is 1. The van der Waals surface area contributed by atoms with Gasteiger partial charge in [-0.2, -0.15) is 0 Å². The van der Waals surface area contributed by atoms with Crippen LogP contribution in [0.2, 0.25) is 0 Å². The smallest absolute Gasteiger partial charge is 0.261 e. The number of amides is 1. The molecule has 1 fully saturated rings. The third kappa shape index (κ3) is 4.77. The van der Waals surface area contributed by atoms with E-state index in [9.17, 15) is 13.2 Å². The monoisotopic (exact) mass is 399 g/mol. The van der Waals surface area contributed by atoms with Crippen molar-refractivity contribution in [2.45, 2.75) is 42.9 Å². The van der Waals surface area contributed by atoms with Crippen molar-refractivity contribution >= 4 is 42.1 Å². The van der Waals surface area contributed by atoms with Crippen LogP contribution in [0.15, 0.2) is 34.7 Å². The van der Waals surface area contributed by atoms with Gasteiger partial charge in [-0.25, -0.2) is 8.42 Å². The molecule has 2 aromatic rings. The molecule has 1 amide bonds. The molecule has 0 aliphatic heterocycles. The number of benzene rings is 1. The Bertz CT molecular complexity index is 817. The SMILES string of the molecule is O=C(Nc1nncs1)C(CC1CCCC1)c1ccc(S(=O)(=O)Cl)cc1. The van der Waals surface area contributed by atoms with Crippen molar-refractivity contribution in [3.8, 4) is 0 Å². The molecule has 1 saturated carbocycles. The maximum Gasteiger partial charge on any atom is 0.261 e. The highest BCUT2D eigenvalue weighted by atomic mass is 35.7. The molecule has 1 aliphatic carbocycles. The van der Waals surface area contributed by atoms with Gasteiger partial charge in [0.1, 0.15) is 5.51 Å². The van der Waals surface area contributed by atoms with E-state index in [1.165, 1.54) is 36.3 Å². The zero-order chi connectivity index (χ0) is 17.9. The summed E-state index contributed by atoms with van der Waals surface area (Å²) in [5.41, 5.74) is 2.33. The van der Waals surface area contributed by atoms with E-state index in [1.807, 2.05) is 0 Å². The van der Waals surface area contributed by atoms with Crippen LogP contribution in [0.5, 0.6) is 0 Å². The molecule has 25 heavy (non-hydrogen) atoms. The third-order valence-corrected chi connectivity index (χ3v) is 6.49. The van der Waals surface area contributed by atoms with Crippen molar-refractivity contribution in [1.29, 1.82) is 0 Å². The Balaban J connectivity index is 1.83. The Kier molecular flexibility index (Phi) is 5.71. The van der Waals surface area contributed by atoms with Crippen LogP contribution in [0.25, 0.3) is 0 Å². The van der Waals surface area contributed by atoms with Gasteiger partial charge in [-0.05, 0) is 30.0 Å². The first-order valence-corrected chi connectivity index (χ1v) is 11.2. The molecular weight excluding hydrogens is 382 g/mol. The third-order valence-electron chi connectivity index (χ3n) is 4.51. The predicted molar refractivity (Wildman–Crippen MR) is 97.3 cm³/mol. The lowest BCUT2D eigenvalue weighted by molar-refractivity contribution is -0.118. The molecule has 1 N–H and O–H groups in total. The Morgan fingerprint density at radius 1 is 1.28 bits per heavy atom. The molecule has 1 aliphatic rings. The van der Waals surface area contributed by atoms with Crippen molar-refractivity contribution in [2.75, 3.05) is 5.32 Å². The van der Waals surface area contributed by atoms with E-state index in [0.29, 0.717) is 11.0 Å². The molecule has 0 saturated heterocycles. The van der Waals surface area contributed by atoms with Crippen LogP contribution in [0.3, 0.4) is 0 Å². The average Bonchev–Trinajstić information content (AvgIpc) is 3.25. The molecule has 1 heterocycles. The first kappa shape index (κ1) is 18.3. The molecule has 0 radical (unpaired) electrons. The molecule has 1 atom stereocenters. The number of hydrogen-bond donors (Lipinski definition) is 1. The van der Waals surface area contributed by atoms with Crippen molar-refractivity contribution in [1.82, 2.24) is 10.2 Å². The Hall–Kier alpha value is -1.51. The van der Waals surface area contributed by atoms with Crippen molar-refractivity contribution in [2.24, 2.45) is 5.92 Å². The van der Waals surface area contributed by atoms with Gasteiger partial charge in [-0.15, -0.1) is 10.2 Å². The van der Waals surface area contributed by atoms with Crippen molar-refractivity contribution in [3.63, 3.8) is 0 Å². The van der Waals surface area contributed by atoms with E-state index in [4.69, 9.17) is 10.7 Å². The quantitative estimate of drug-likeness (QED) is 0.747. The average molecular weight is 400 g/mol. The van der Waals surface area contributed by atoms with Gasteiger partial charge >= 0.3 is 0 Å². The van der Waals surface area contributed by atoms with Crippen LogP contribution in [-0.4, -0.2) is 24.5 Å². The summed E-state index contributed by atoms with van der Waals surface area (Å²) in [5.74, 6) is -0.00850. The maximum absolute atomic E-state index is 12.8. The lowest BCUT2D eigenvalue weighted by Gasteiger charge is -2.20. The van der Waals surface area contributed by atoms with Gasteiger partial charge in [0.15, 0.2) is 0 Å². The Morgan fingerprint density at radius 3 is 2.52 bits per heavy atom. The highest BCUT2D eigenvalue weighted by Crippen LogP contribution is 2.35. The normalized spacial score (nSPS) is 16.7. The van der Waals surface area contributed by atoms with Gasteiger partial charge in [0, 0.05) is 10.7 Å². The number of carbonyl (C=O) groups excluding carboxylic acids is 1. The molecule has 9 heteroatoms. The highest BCUT2D eigenvalue weighted by Gasteiger charge is 2.27. The van der Waals surface area contributed by atoms with Crippen LogP contribution < -0.4 is 5.32 Å². The number of halogens is 1. The second kappa shape index (κ2) is 7.80. The van der Waals surface area contributed by atoms with Gasteiger partial charge in [-0.1, -0.05) is 49.2 Å². The van der Waals surface area contributed by atoms with E-state index in [-0.39, 0.29) is 16.7 Å². The Labute approximate surface area is 155 Å². The van der Waals surface area contributed by atoms with E-state index in [0.717, 1.165) is 24.8 Å². The van der Waals surface area contributed by atoms with E-state index >= 15 is 0 Å². The summed E-state index contributed by atoms with van der Waals surface area (Å²) >= 11 is 1.26. The molecule has 1 aromatic heterocycles. The highest BCUT2D eigenvalue weighted by molar-refractivity contribution is 8.13. The number of nitrogens with one attached hydrogen (secondary N) is 1. The van der Waals surface area contributed by atoms with Crippen LogP contribution in [0.4, 0.5) is 5.13 Å². The zero-order valence-corrected chi connectivity index (χ0v) is 15.8. The lowest BCUT2D eigenvalue weighted by atomic mass is 9.87. The second-order valence-corrected chi connectivity index (χ2v) is 9.58. The summed E-state index contributed by atoms with van der Waals surface area (Å²) in [6.07, 6.45) is 5.36. The molecule has 1 aromatic carbocycles. The van der Waals surface area contributed by atoms with Crippen molar-refractivity contribution in [3.05, 3.63) is 35.3 Å². The molecule has 6 nitrogen and oxygen atoms in total. The predicted octanol–water partition coefficient (Wildman–Crippen LogP) is 3.77. The first-order valence-electron chi connectivity index (χ1n) is 8.05. The minimum atomic E-state index is -3.77. The zero-order valence-electron chi connectivity index (χ0n) is 13.4. The number of carbonyl (C=O) groups is 1. The fourth-order valence-corrected chi connectivity index (χ4v) is 4.47. The van der Waals surface area contributed by atoms with Gasteiger partial charge in [0.2, 0.25) is 11.0 Å². The molecular formula is C16H18ClN3O3S2. The van der Waals surface area contributed by atoms with Crippen molar-refractivity contribution < 1.29 is 13.2 Å². The molecule has 1 unspecified atom stereocenters. The number of rotatable bonds is 6. The Morgan fingerprint density at radius 2 is 1.96 bits per heavy atom. The van der Waals surface area contributed by atoms with Crippen LogP contribution in [0.1, 0.15) is 43.6 Å². The van der Waals surface area contributed by atoms with Crippen LogP contribution in [0, 0.1) is 5.92 Å². The summed E-state index contributed by atoms with van der Waals surface area (Å²) in [5, 5.41) is 10.8. The first-order chi connectivity index (χ1) is 11.9. The van der Waals surface area contributed by atoms with Gasteiger partial charge in [-0.3, -0.25) is 10.1 Å². The minimum Gasteiger partial charge on any atom is -0.300 e. The van der Waals surface area contributed by atoms with Crippen LogP contribution in [-0.2, 0) is 13.8 Å². The van der Waals surface area contributed by atoms with E-state index in [2.05, 4.69) is 15.5 Å². The van der Waals surface area contributed by atoms with E-state index < -0.39 is 9.05 Å².